The number of benzene rings is 8. The van der Waals surface area contributed by atoms with Gasteiger partial charge >= 0.3 is 0 Å². The maximum Gasteiger partial charge on any atom is 0.188 e. The lowest BCUT2D eigenvalue weighted by atomic mass is 10.0. The van der Waals surface area contributed by atoms with Crippen molar-refractivity contribution in [1.82, 2.24) is 9.13 Å². The molecule has 0 unspecified atom stereocenters. The summed E-state index contributed by atoms with van der Waals surface area (Å²) in [6.07, 6.45) is 0. The quantitative estimate of drug-likeness (QED) is 0.171. The molecule has 0 saturated heterocycles. The summed E-state index contributed by atoms with van der Waals surface area (Å²) in [5.41, 5.74) is 12.4. The van der Waals surface area contributed by atoms with Gasteiger partial charge in [0, 0.05) is 38.3 Å². The molecule has 0 atom stereocenters. The van der Waals surface area contributed by atoms with Crippen molar-refractivity contribution in [2.75, 3.05) is 0 Å². The Hall–Kier alpha value is -8.06. The molecule has 0 aliphatic carbocycles. The van der Waals surface area contributed by atoms with Crippen molar-refractivity contribution >= 4 is 93.2 Å². The van der Waals surface area contributed by atoms with Crippen molar-refractivity contribution in [2.45, 2.75) is 0 Å². The molecule has 0 fully saturated rings. The first-order valence-corrected chi connectivity index (χ1v) is 18.4. The van der Waals surface area contributed by atoms with E-state index in [4.69, 9.17) is 15.4 Å². The molecule has 8 aromatic carbocycles. The van der Waals surface area contributed by atoms with Gasteiger partial charge in [-0.2, -0.15) is 5.26 Å². The van der Waals surface area contributed by atoms with Crippen LogP contribution >= 0.6 is 0 Å². The Labute approximate surface area is 318 Å². The number of nitriles is 1. The van der Waals surface area contributed by atoms with Crippen LogP contribution in [0.1, 0.15) is 5.56 Å². The van der Waals surface area contributed by atoms with Crippen LogP contribution in [0.4, 0.5) is 5.69 Å². The highest BCUT2D eigenvalue weighted by Gasteiger charge is 2.21. The van der Waals surface area contributed by atoms with Crippen LogP contribution in [0.3, 0.4) is 0 Å². The minimum absolute atomic E-state index is 0.552. The number of rotatable bonds is 3. The third-order valence-corrected chi connectivity index (χ3v) is 11.3. The summed E-state index contributed by atoms with van der Waals surface area (Å²) in [6.45, 7) is 7.74. The highest BCUT2D eigenvalue weighted by Crippen LogP contribution is 2.43. The van der Waals surface area contributed by atoms with E-state index in [-0.39, 0.29) is 0 Å². The predicted molar refractivity (Wildman–Crippen MR) is 226 cm³/mol. The normalized spacial score (nSPS) is 11.9. The monoisotopic (exact) mass is 714 g/mol. The second-order valence-electron chi connectivity index (χ2n) is 14.3. The van der Waals surface area contributed by atoms with Crippen molar-refractivity contribution in [3.05, 3.63) is 175 Å². The molecule has 4 heterocycles. The van der Waals surface area contributed by atoms with E-state index in [1.807, 2.05) is 66.7 Å². The maximum atomic E-state index is 10.4. The van der Waals surface area contributed by atoms with Crippen molar-refractivity contribution < 1.29 is 8.83 Å². The molecule has 0 aliphatic rings. The van der Waals surface area contributed by atoms with Crippen LogP contribution in [0.25, 0.3) is 115 Å². The topological polar surface area (TPSA) is 64.3 Å². The summed E-state index contributed by atoms with van der Waals surface area (Å²) >= 11 is 0. The van der Waals surface area contributed by atoms with Crippen LogP contribution in [0.15, 0.2) is 167 Å². The molecule has 0 N–H and O–H groups in total. The minimum Gasteiger partial charge on any atom is -0.456 e. The first kappa shape index (κ1) is 30.4. The van der Waals surface area contributed by atoms with E-state index in [0.29, 0.717) is 11.3 Å². The number of hydrogen-bond donors (Lipinski definition) is 0. The van der Waals surface area contributed by atoms with Crippen LogP contribution in [0.2, 0.25) is 0 Å². The lowest BCUT2D eigenvalue weighted by Gasteiger charge is -2.13. The summed E-state index contributed by atoms with van der Waals surface area (Å²) in [4.78, 5) is 3.75. The average molecular weight is 715 g/mol. The van der Waals surface area contributed by atoms with Gasteiger partial charge in [-0.3, -0.25) is 0 Å². The second kappa shape index (κ2) is 11.2. The smallest absolute Gasteiger partial charge is 0.188 e. The van der Waals surface area contributed by atoms with Crippen LogP contribution < -0.4 is 0 Å². The fraction of sp³-hybridized carbons (Fsp3) is 0. The lowest BCUT2D eigenvalue weighted by Crippen LogP contribution is -1.97. The highest BCUT2D eigenvalue weighted by atomic mass is 16.3. The van der Waals surface area contributed by atoms with E-state index >= 15 is 0 Å². The SMILES string of the molecule is [C-]#[N+]c1ccc2c(c1)c1ccc3oc4ccccc4c3c1n2-c1cc(C#N)cc(-c2ccc(-n3c4ccccc4c4c5oc6ccccc6c5ccc43)cc2)c1. The Bertz CT molecular complexity index is 3730. The number of furan rings is 2. The van der Waals surface area contributed by atoms with Gasteiger partial charge in [-0.05, 0) is 101 Å². The van der Waals surface area contributed by atoms with Crippen molar-refractivity contribution in [3.8, 4) is 28.6 Å². The molecular weight excluding hydrogens is 689 g/mol. The molecule has 4 aromatic heterocycles. The number of nitrogens with zero attached hydrogens (tertiary/aromatic N) is 4. The molecule has 258 valence electrons. The van der Waals surface area contributed by atoms with E-state index in [1.54, 1.807) is 0 Å². The molecule has 56 heavy (non-hydrogen) atoms. The maximum absolute atomic E-state index is 10.4. The average Bonchev–Trinajstić information content (AvgIpc) is 4.00. The summed E-state index contributed by atoms with van der Waals surface area (Å²) in [5.74, 6) is 0. The molecular formula is C50H26N4O2. The fourth-order valence-corrected chi connectivity index (χ4v) is 8.93. The Kier molecular flexibility index (Phi) is 6.10. The number of para-hydroxylation sites is 3. The van der Waals surface area contributed by atoms with E-state index in [0.717, 1.165) is 110 Å². The summed E-state index contributed by atoms with van der Waals surface area (Å²) in [7, 11) is 0. The van der Waals surface area contributed by atoms with Crippen LogP contribution in [-0.4, -0.2) is 9.13 Å². The van der Waals surface area contributed by atoms with E-state index in [2.05, 4.69) is 111 Å². The lowest BCUT2D eigenvalue weighted by molar-refractivity contribution is 0.669. The first-order valence-electron chi connectivity index (χ1n) is 18.4. The molecule has 0 bridgehead atoms. The Morgan fingerprint density at radius 1 is 0.482 bits per heavy atom. The molecule has 0 spiro atoms. The zero-order chi connectivity index (χ0) is 37.1. The predicted octanol–water partition coefficient (Wildman–Crippen LogP) is 13.8. The standard InChI is InChI=1S/C50H26N4O2/c1-52-32-16-21-42-40(27-32)36-20-23-46-48(39-10-4-7-13-45(39)55-46)49(36)54(42)34-25-29(28-51)24-31(26-34)30-14-17-33(18-15-30)53-41-11-5-2-9-38(41)47-43(53)22-19-37-35-8-3-6-12-44(35)56-50(37)47/h2-27H. The summed E-state index contributed by atoms with van der Waals surface area (Å²) in [5, 5.41) is 18.8. The zero-order valence-electron chi connectivity index (χ0n) is 29.6. The van der Waals surface area contributed by atoms with Gasteiger partial charge in [0.05, 0.1) is 51.0 Å². The van der Waals surface area contributed by atoms with Gasteiger partial charge in [0.25, 0.3) is 0 Å². The molecule has 6 nitrogen and oxygen atoms in total. The summed E-state index contributed by atoms with van der Waals surface area (Å²) in [6, 6.07) is 56.1. The molecule has 0 aliphatic heterocycles. The van der Waals surface area contributed by atoms with Crippen molar-refractivity contribution in [2.24, 2.45) is 0 Å². The molecule has 0 saturated carbocycles. The molecule has 0 amide bonds. The van der Waals surface area contributed by atoms with Gasteiger partial charge in [0.1, 0.15) is 22.3 Å². The highest BCUT2D eigenvalue weighted by molar-refractivity contribution is 6.25. The largest absolute Gasteiger partial charge is 0.456 e. The van der Waals surface area contributed by atoms with Crippen LogP contribution in [-0.2, 0) is 0 Å². The number of fused-ring (bicyclic) bond motifs is 14. The zero-order valence-corrected chi connectivity index (χ0v) is 29.6. The fourth-order valence-electron chi connectivity index (χ4n) is 8.93. The number of hydrogen-bond acceptors (Lipinski definition) is 3. The first-order chi connectivity index (χ1) is 27.7. The van der Waals surface area contributed by atoms with Crippen molar-refractivity contribution in [3.63, 3.8) is 0 Å². The van der Waals surface area contributed by atoms with E-state index in [1.165, 1.54) is 0 Å². The molecule has 6 heteroatoms. The molecule has 0 radical (unpaired) electrons. The van der Waals surface area contributed by atoms with E-state index in [9.17, 15) is 5.26 Å². The molecule has 12 aromatic rings. The minimum atomic E-state index is 0.552. The van der Waals surface area contributed by atoms with E-state index < -0.39 is 0 Å². The Morgan fingerprint density at radius 3 is 2.02 bits per heavy atom. The van der Waals surface area contributed by atoms with Gasteiger partial charge in [0.2, 0.25) is 0 Å². The third kappa shape index (κ3) is 4.13. The summed E-state index contributed by atoms with van der Waals surface area (Å²) < 4.78 is 17.4. The van der Waals surface area contributed by atoms with Gasteiger partial charge < -0.3 is 18.0 Å². The number of aromatic nitrogens is 2. The van der Waals surface area contributed by atoms with Gasteiger partial charge in [-0.25, -0.2) is 4.85 Å². The third-order valence-electron chi connectivity index (χ3n) is 11.3. The Balaban J connectivity index is 1.06. The van der Waals surface area contributed by atoms with Gasteiger partial charge in [-0.1, -0.05) is 72.8 Å². The van der Waals surface area contributed by atoms with Gasteiger partial charge in [-0.15, -0.1) is 0 Å². The van der Waals surface area contributed by atoms with Crippen molar-refractivity contribution in [1.29, 1.82) is 5.26 Å². The van der Waals surface area contributed by atoms with Gasteiger partial charge in [0.15, 0.2) is 5.69 Å². The molecule has 12 rings (SSSR count). The van der Waals surface area contributed by atoms with Crippen LogP contribution in [0, 0.1) is 17.9 Å². The second-order valence-corrected chi connectivity index (χ2v) is 14.3. The van der Waals surface area contributed by atoms with Crippen LogP contribution in [0.5, 0.6) is 0 Å². The Morgan fingerprint density at radius 2 is 1.20 bits per heavy atom.